The highest BCUT2D eigenvalue weighted by atomic mass is 19.1. The fourth-order valence-corrected chi connectivity index (χ4v) is 3.67. The molecule has 1 saturated heterocycles. The molecule has 0 radical (unpaired) electrons. The molecule has 3 aromatic rings. The summed E-state index contributed by atoms with van der Waals surface area (Å²) in [5, 5.41) is 24.4. The molecule has 1 fully saturated rings. The van der Waals surface area contributed by atoms with E-state index in [1.807, 2.05) is 11.8 Å². The largest absolute Gasteiger partial charge is 0.395 e. The molecule has 4 rings (SSSR count). The van der Waals surface area contributed by atoms with Crippen LogP contribution in [-0.4, -0.2) is 37.8 Å². The number of halogens is 1. The van der Waals surface area contributed by atoms with Gasteiger partial charge in [-0.3, -0.25) is 10.1 Å². The average molecular weight is 409 g/mol. The van der Waals surface area contributed by atoms with Crippen LogP contribution in [0, 0.1) is 33.7 Å². The lowest BCUT2D eigenvalue weighted by Gasteiger charge is -2.27. The molecule has 0 saturated carbocycles. The van der Waals surface area contributed by atoms with E-state index in [2.05, 4.69) is 21.9 Å². The number of nitrogens with zero attached hydrogens (tertiary/aromatic N) is 5. The van der Waals surface area contributed by atoms with E-state index >= 15 is 0 Å². The van der Waals surface area contributed by atoms with Crippen molar-refractivity contribution in [3.05, 3.63) is 63.7 Å². The first kappa shape index (κ1) is 19.8. The number of nitro groups is 1. The minimum Gasteiger partial charge on any atom is -0.395 e. The monoisotopic (exact) mass is 409 g/mol. The van der Waals surface area contributed by atoms with Crippen molar-refractivity contribution in [1.82, 2.24) is 14.6 Å². The molecule has 2 atom stereocenters. The number of aliphatic hydroxyl groups excluding tert-OH is 1. The Balaban J connectivity index is 1.75. The molecule has 2 aromatic heterocycles. The first-order valence-corrected chi connectivity index (χ1v) is 9.65. The molecule has 2 unspecified atom stereocenters. The van der Waals surface area contributed by atoms with Crippen molar-refractivity contribution in [2.24, 2.45) is 5.92 Å². The topological polar surface area (TPSA) is 96.8 Å². The lowest BCUT2D eigenvalue weighted by molar-refractivity contribution is -0.383. The normalized spacial score (nSPS) is 17.0. The van der Waals surface area contributed by atoms with E-state index in [9.17, 15) is 19.6 Å². The highest BCUT2D eigenvalue weighted by Crippen LogP contribution is 2.37. The maximum Gasteiger partial charge on any atom is 0.333 e. The smallest absolute Gasteiger partial charge is 0.333 e. The Kier molecular flexibility index (Phi) is 5.33. The van der Waals surface area contributed by atoms with Gasteiger partial charge in [-0.15, -0.1) is 0 Å². The van der Waals surface area contributed by atoms with Crippen molar-refractivity contribution >= 4 is 17.2 Å². The van der Waals surface area contributed by atoms with E-state index in [1.54, 1.807) is 18.3 Å². The third-order valence-electron chi connectivity index (χ3n) is 5.18. The second kappa shape index (κ2) is 8.08. The molecule has 154 valence electrons. The Bertz CT molecular complexity index is 1170. The van der Waals surface area contributed by atoms with Gasteiger partial charge < -0.3 is 10.0 Å². The standard InChI is InChI=1S/C21H20FN5O3/c1-14(13-28)4-5-15-6-7-16(22)11-17(15)18-3-2-9-25(18)20-8-10-26-21(24-20)19(12-23-26)27(29)30/h6-8,10-12,14,18,28H,2-3,9,13H2,1H3. The van der Waals surface area contributed by atoms with E-state index < -0.39 is 4.92 Å². The number of anilines is 1. The SMILES string of the molecule is CC(C#Cc1ccc(F)cc1C1CCCN1c1ccn2ncc([N+](=O)[O-])c2n1)CO. The summed E-state index contributed by atoms with van der Waals surface area (Å²) in [6, 6.07) is 6.09. The highest BCUT2D eigenvalue weighted by Gasteiger charge is 2.30. The fraction of sp³-hybridized carbons (Fsp3) is 0.333. The first-order valence-electron chi connectivity index (χ1n) is 9.65. The third-order valence-corrected chi connectivity index (χ3v) is 5.18. The minimum absolute atomic E-state index is 0.0485. The summed E-state index contributed by atoms with van der Waals surface area (Å²) in [7, 11) is 0. The minimum atomic E-state index is -0.511. The molecule has 0 bridgehead atoms. The number of fused-ring (bicyclic) bond motifs is 1. The van der Waals surface area contributed by atoms with Gasteiger partial charge in [-0.1, -0.05) is 11.8 Å². The zero-order chi connectivity index (χ0) is 21.3. The second-order valence-corrected chi connectivity index (χ2v) is 7.28. The van der Waals surface area contributed by atoms with Crippen LogP contribution in [0.3, 0.4) is 0 Å². The summed E-state index contributed by atoms with van der Waals surface area (Å²) >= 11 is 0. The van der Waals surface area contributed by atoms with Crippen LogP contribution in [0.4, 0.5) is 15.9 Å². The number of aromatic nitrogens is 3. The number of benzene rings is 1. The van der Waals surface area contributed by atoms with Crippen molar-refractivity contribution < 1.29 is 14.4 Å². The number of hydrogen-bond acceptors (Lipinski definition) is 6. The van der Waals surface area contributed by atoms with Crippen LogP contribution in [0.15, 0.2) is 36.7 Å². The molecule has 0 aliphatic carbocycles. The second-order valence-electron chi connectivity index (χ2n) is 7.28. The van der Waals surface area contributed by atoms with E-state index in [0.29, 0.717) is 17.9 Å². The predicted molar refractivity (Wildman–Crippen MR) is 108 cm³/mol. The van der Waals surface area contributed by atoms with E-state index in [0.717, 1.165) is 18.4 Å². The van der Waals surface area contributed by atoms with Crippen LogP contribution in [0.25, 0.3) is 5.65 Å². The molecule has 3 heterocycles. The molecule has 1 aromatic carbocycles. The van der Waals surface area contributed by atoms with Gasteiger partial charge >= 0.3 is 5.69 Å². The molecule has 0 spiro atoms. The molecular formula is C21H20FN5O3. The van der Waals surface area contributed by atoms with Gasteiger partial charge in [-0.05, 0) is 49.6 Å². The van der Waals surface area contributed by atoms with Crippen molar-refractivity contribution in [3.63, 3.8) is 0 Å². The van der Waals surface area contributed by atoms with Gasteiger partial charge in [-0.25, -0.2) is 13.9 Å². The maximum atomic E-state index is 14.1. The molecule has 1 aliphatic heterocycles. The van der Waals surface area contributed by atoms with Crippen LogP contribution >= 0.6 is 0 Å². The van der Waals surface area contributed by atoms with Gasteiger partial charge in [0, 0.05) is 24.2 Å². The Morgan fingerprint density at radius 3 is 3.03 bits per heavy atom. The van der Waals surface area contributed by atoms with E-state index in [1.165, 1.54) is 22.8 Å². The molecule has 30 heavy (non-hydrogen) atoms. The van der Waals surface area contributed by atoms with E-state index in [4.69, 9.17) is 0 Å². The lowest BCUT2D eigenvalue weighted by Crippen LogP contribution is -2.24. The Morgan fingerprint density at radius 1 is 1.43 bits per heavy atom. The van der Waals surface area contributed by atoms with Gasteiger partial charge in [-0.2, -0.15) is 5.10 Å². The summed E-state index contributed by atoms with van der Waals surface area (Å²) in [6.07, 6.45) is 4.46. The first-order chi connectivity index (χ1) is 14.5. The molecule has 0 amide bonds. The number of aliphatic hydroxyl groups is 1. The Morgan fingerprint density at radius 2 is 2.27 bits per heavy atom. The van der Waals surface area contributed by atoms with Crippen molar-refractivity contribution in [2.45, 2.75) is 25.8 Å². The van der Waals surface area contributed by atoms with Crippen LogP contribution in [0.2, 0.25) is 0 Å². The summed E-state index contributed by atoms with van der Waals surface area (Å²) in [4.78, 5) is 17.2. The highest BCUT2D eigenvalue weighted by molar-refractivity contribution is 5.62. The van der Waals surface area contributed by atoms with Gasteiger partial charge in [0.15, 0.2) is 0 Å². The lowest BCUT2D eigenvalue weighted by atomic mass is 9.97. The van der Waals surface area contributed by atoms with E-state index in [-0.39, 0.29) is 35.7 Å². The van der Waals surface area contributed by atoms with Crippen LogP contribution in [-0.2, 0) is 0 Å². The van der Waals surface area contributed by atoms with Gasteiger partial charge in [0.25, 0.3) is 0 Å². The van der Waals surface area contributed by atoms with Gasteiger partial charge in [0.05, 0.1) is 17.6 Å². The van der Waals surface area contributed by atoms with Crippen LogP contribution in [0.5, 0.6) is 0 Å². The van der Waals surface area contributed by atoms with Crippen LogP contribution in [0.1, 0.15) is 36.9 Å². The quantitative estimate of drug-likeness (QED) is 0.404. The number of hydrogen-bond donors (Lipinski definition) is 1. The summed E-state index contributed by atoms with van der Waals surface area (Å²) in [5.41, 5.74) is 1.45. The number of rotatable bonds is 4. The maximum absolute atomic E-state index is 14.1. The van der Waals surface area contributed by atoms with Crippen molar-refractivity contribution in [1.29, 1.82) is 0 Å². The third kappa shape index (κ3) is 3.69. The predicted octanol–water partition coefficient (Wildman–Crippen LogP) is 3.10. The molecule has 8 nitrogen and oxygen atoms in total. The van der Waals surface area contributed by atoms with Gasteiger partial charge in [0.1, 0.15) is 17.8 Å². The molecule has 1 aliphatic rings. The van der Waals surface area contributed by atoms with Crippen molar-refractivity contribution in [2.75, 3.05) is 18.1 Å². The summed E-state index contributed by atoms with van der Waals surface area (Å²) < 4.78 is 15.5. The molecule has 9 heteroatoms. The Hall–Kier alpha value is -3.51. The van der Waals surface area contributed by atoms with Gasteiger partial charge in [0.2, 0.25) is 5.65 Å². The zero-order valence-electron chi connectivity index (χ0n) is 16.3. The van der Waals surface area contributed by atoms with Crippen molar-refractivity contribution in [3.8, 4) is 11.8 Å². The zero-order valence-corrected chi connectivity index (χ0v) is 16.3. The Labute approximate surface area is 172 Å². The molecule has 1 N–H and O–H groups in total. The summed E-state index contributed by atoms with van der Waals surface area (Å²) in [5.74, 6) is 6.08. The van der Waals surface area contributed by atoms with Crippen LogP contribution < -0.4 is 4.90 Å². The average Bonchev–Trinajstić information content (AvgIpc) is 3.39. The molecular weight excluding hydrogens is 389 g/mol. The fourth-order valence-electron chi connectivity index (χ4n) is 3.67. The summed E-state index contributed by atoms with van der Waals surface area (Å²) in [6.45, 7) is 2.45.